The quantitative estimate of drug-likeness (QED) is 0.499. The summed E-state index contributed by atoms with van der Waals surface area (Å²) < 4.78 is 0. The first-order chi connectivity index (χ1) is 6.29. The first-order valence-corrected chi connectivity index (χ1v) is 4.23. The molecule has 1 aliphatic heterocycles. The minimum absolute atomic E-state index is 0.784. The molecule has 0 fully saturated rings. The molecule has 1 aliphatic rings. The van der Waals surface area contributed by atoms with E-state index in [1.165, 1.54) is 6.21 Å². The summed E-state index contributed by atoms with van der Waals surface area (Å²) in [5.41, 5.74) is 3.13. The summed E-state index contributed by atoms with van der Waals surface area (Å²) in [6.45, 7) is 6.45. The first kappa shape index (κ1) is 9.52. The van der Waals surface area contributed by atoms with E-state index in [9.17, 15) is 0 Å². The van der Waals surface area contributed by atoms with E-state index in [0.717, 1.165) is 23.3 Å². The lowest BCUT2D eigenvalue weighted by molar-refractivity contribution is 0.933. The van der Waals surface area contributed by atoms with Gasteiger partial charge in [0.05, 0.1) is 0 Å². The van der Waals surface area contributed by atoms with Gasteiger partial charge in [-0.05, 0) is 35.9 Å². The molecule has 0 unspecified atom stereocenters. The molecule has 2 nitrogen and oxygen atoms in total. The first-order valence-electron chi connectivity index (χ1n) is 4.23. The van der Waals surface area contributed by atoms with Crippen LogP contribution in [0.2, 0.25) is 0 Å². The highest BCUT2D eigenvalue weighted by Crippen LogP contribution is 2.14. The second-order valence-electron chi connectivity index (χ2n) is 2.88. The standard InChI is InChI=1S/C11H14N2/c1-3-9(2)11(7-12)10-5-4-6-13-8-10/h3-7,12-13H,1,8H2,2H3/b11-9+,12-7?. The molecule has 0 aromatic heterocycles. The van der Waals surface area contributed by atoms with E-state index >= 15 is 0 Å². The third-order valence-corrected chi connectivity index (χ3v) is 2.03. The van der Waals surface area contributed by atoms with Gasteiger partial charge in [-0.2, -0.15) is 0 Å². The Hall–Kier alpha value is -1.57. The molecule has 68 valence electrons. The molecule has 0 radical (unpaired) electrons. The molecule has 2 N–H and O–H groups in total. The normalized spacial score (nSPS) is 16.8. The number of rotatable bonds is 3. The van der Waals surface area contributed by atoms with Crippen LogP contribution in [0.25, 0.3) is 0 Å². The minimum Gasteiger partial charge on any atom is -0.387 e. The van der Waals surface area contributed by atoms with Gasteiger partial charge in [0.25, 0.3) is 0 Å². The second kappa shape index (κ2) is 4.45. The third kappa shape index (κ3) is 2.18. The maximum Gasteiger partial charge on any atom is 0.0401 e. The molecule has 0 aliphatic carbocycles. The Bertz CT molecular complexity index is 306. The van der Waals surface area contributed by atoms with Crippen molar-refractivity contribution in [3.05, 3.63) is 47.7 Å². The molecule has 0 aromatic rings. The Kier molecular flexibility index (Phi) is 3.26. The van der Waals surface area contributed by atoms with Crippen molar-refractivity contribution >= 4 is 6.21 Å². The molecule has 1 heterocycles. The number of dihydropyridines is 1. The molecule has 0 saturated carbocycles. The van der Waals surface area contributed by atoms with Gasteiger partial charge in [-0.15, -0.1) is 0 Å². The Morgan fingerprint density at radius 3 is 2.92 bits per heavy atom. The van der Waals surface area contributed by atoms with Gasteiger partial charge < -0.3 is 10.7 Å². The zero-order chi connectivity index (χ0) is 9.68. The van der Waals surface area contributed by atoms with E-state index < -0.39 is 0 Å². The summed E-state index contributed by atoms with van der Waals surface area (Å²) in [6, 6.07) is 0. The Morgan fingerprint density at radius 1 is 1.69 bits per heavy atom. The number of nitrogens with one attached hydrogen (secondary N) is 2. The van der Waals surface area contributed by atoms with Gasteiger partial charge in [0.2, 0.25) is 0 Å². The largest absolute Gasteiger partial charge is 0.387 e. The molecule has 0 aromatic carbocycles. The average Bonchev–Trinajstić information content (AvgIpc) is 2.20. The van der Waals surface area contributed by atoms with Gasteiger partial charge in [-0.1, -0.05) is 18.7 Å². The van der Waals surface area contributed by atoms with Crippen LogP contribution in [-0.2, 0) is 0 Å². The van der Waals surface area contributed by atoms with Crippen LogP contribution < -0.4 is 5.32 Å². The summed E-state index contributed by atoms with van der Waals surface area (Å²) in [5.74, 6) is 0. The van der Waals surface area contributed by atoms with Gasteiger partial charge in [0, 0.05) is 12.8 Å². The van der Waals surface area contributed by atoms with E-state index in [-0.39, 0.29) is 0 Å². The van der Waals surface area contributed by atoms with Crippen molar-refractivity contribution in [2.24, 2.45) is 0 Å². The van der Waals surface area contributed by atoms with Crippen molar-refractivity contribution in [2.45, 2.75) is 6.92 Å². The third-order valence-electron chi connectivity index (χ3n) is 2.03. The van der Waals surface area contributed by atoms with E-state index in [4.69, 9.17) is 5.41 Å². The van der Waals surface area contributed by atoms with Crippen LogP contribution in [0.15, 0.2) is 47.7 Å². The fourth-order valence-electron chi connectivity index (χ4n) is 1.21. The highest BCUT2D eigenvalue weighted by Gasteiger charge is 2.05. The zero-order valence-electron chi connectivity index (χ0n) is 7.80. The van der Waals surface area contributed by atoms with Crippen LogP contribution in [0.1, 0.15) is 6.92 Å². The highest BCUT2D eigenvalue weighted by molar-refractivity contribution is 5.84. The summed E-state index contributed by atoms with van der Waals surface area (Å²) in [6.07, 6.45) is 9.01. The van der Waals surface area contributed by atoms with Crippen molar-refractivity contribution in [1.29, 1.82) is 5.41 Å². The molecule has 0 atom stereocenters. The van der Waals surface area contributed by atoms with Crippen LogP contribution in [0.4, 0.5) is 0 Å². The molecule has 13 heavy (non-hydrogen) atoms. The van der Waals surface area contributed by atoms with E-state index in [0.29, 0.717) is 0 Å². The lowest BCUT2D eigenvalue weighted by Crippen LogP contribution is -2.15. The van der Waals surface area contributed by atoms with Crippen molar-refractivity contribution in [3.8, 4) is 0 Å². The Morgan fingerprint density at radius 2 is 2.46 bits per heavy atom. The SMILES string of the molecule is C=C/C(C)=C(\C=N)C1=CC=CNC1. The lowest BCUT2D eigenvalue weighted by atomic mass is 10.0. The molecule has 0 spiro atoms. The average molecular weight is 174 g/mol. The molecule has 2 heteroatoms. The predicted octanol–water partition coefficient (Wildman–Crippen LogP) is 2.18. The van der Waals surface area contributed by atoms with Crippen molar-refractivity contribution in [1.82, 2.24) is 5.32 Å². The minimum atomic E-state index is 0.784. The van der Waals surface area contributed by atoms with E-state index in [1.54, 1.807) is 6.08 Å². The summed E-state index contributed by atoms with van der Waals surface area (Å²) in [4.78, 5) is 0. The van der Waals surface area contributed by atoms with Crippen LogP contribution in [0.3, 0.4) is 0 Å². The predicted molar refractivity (Wildman–Crippen MR) is 56.9 cm³/mol. The van der Waals surface area contributed by atoms with E-state index in [2.05, 4.69) is 11.9 Å². The Balaban J connectivity index is 3.02. The van der Waals surface area contributed by atoms with Crippen molar-refractivity contribution in [2.75, 3.05) is 6.54 Å². The van der Waals surface area contributed by atoms with Gasteiger partial charge in [0.15, 0.2) is 0 Å². The maximum absolute atomic E-state index is 7.31. The summed E-state index contributed by atoms with van der Waals surface area (Å²) in [7, 11) is 0. The lowest BCUT2D eigenvalue weighted by Gasteiger charge is -2.12. The molecular formula is C11H14N2. The summed E-state index contributed by atoms with van der Waals surface area (Å²) >= 11 is 0. The number of allylic oxidation sites excluding steroid dienone is 4. The number of hydrogen-bond donors (Lipinski definition) is 2. The molecule has 0 saturated heterocycles. The maximum atomic E-state index is 7.31. The smallest absolute Gasteiger partial charge is 0.0401 e. The fourth-order valence-corrected chi connectivity index (χ4v) is 1.21. The van der Waals surface area contributed by atoms with Gasteiger partial charge in [0.1, 0.15) is 0 Å². The summed E-state index contributed by atoms with van der Waals surface area (Å²) in [5, 5.41) is 10.4. The van der Waals surface area contributed by atoms with Crippen molar-refractivity contribution < 1.29 is 0 Å². The van der Waals surface area contributed by atoms with Gasteiger partial charge in [-0.25, -0.2) is 0 Å². The van der Waals surface area contributed by atoms with Crippen LogP contribution in [0, 0.1) is 5.41 Å². The van der Waals surface area contributed by atoms with Crippen LogP contribution >= 0.6 is 0 Å². The monoisotopic (exact) mass is 174 g/mol. The number of hydrogen-bond acceptors (Lipinski definition) is 2. The van der Waals surface area contributed by atoms with Crippen LogP contribution in [-0.4, -0.2) is 12.8 Å². The molecular weight excluding hydrogens is 160 g/mol. The molecule has 0 bridgehead atoms. The van der Waals surface area contributed by atoms with Gasteiger partial charge >= 0.3 is 0 Å². The second-order valence-corrected chi connectivity index (χ2v) is 2.88. The fraction of sp³-hybridized carbons (Fsp3) is 0.182. The topological polar surface area (TPSA) is 35.9 Å². The van der Waals surface area contributed by atoms with Crippen molar-refractivity contribution in [3.63, 3.8) is 0 Å². The molecule has 1 rings (SSSR count). The van der Waals surface area contributed by atoms with Gasteiger partial charge in [-0.3, -0.25) is 0 Å². The Labute approximate surface area is 78.9 Å². The van der Waals surface area contributed by atoms with E-state index in [1.807, 2.05) is 25.3 Å². The van der Waals surface area contributed by atoms with Crippen LogP contribution in [0.5, 0.6) is 0 Å². The molecule has 0 amide bonds. The zero-order valence-corrected chi connectivity index (χ0v) is 7.80. The highest BCUT2D eigenvalue weighted by atomic mass is 14.8.